The lowest BCUT2D eigenvalue weighted by Crippen LogP contribution is -2.50. The number of amides is 1. The number of halogens is 3. The van der Waals surface area contributed by atoms with E-state index in [1.54, 1.807) is 40.0 Å². The SMILES string of the molecule is CCc1c(C(=O)NN2CCS(=O)(=O)CC2)nn(-c2ccc(Cl)cc2Cl)c1-c1ccc(Cl)cc1. The van der Waals surface area contributed by atoms with Gasteiger partial charge in [0, 0.05) is 34.3 Å². The zero-order chi connectivity index (χ0) is 23.8. The van der Waals surface area contributed by atoms with E-state index < -0.39 is 15.7 Å². The number of carbonyl (C=O) groups is 1. The molecule has 2 heterocycles. The van der Waals surface area contributed by atoms with Crippen LogP contribution in [0.25, 0.3) is 16.9 Å². The molecule has 33 heavy (non-hydrogen) atoms. The zero-order valence-electron chi connectivity index (χ0n) is 17.7. The van der Waals surface area contributed by atoms with Crippen LogP contribution in [0.5, 0.6) is 0 Å². The Morgan fingerprint density at radius 1 is 1.03 bits per heavy atom. The maximum absolute atomic E-state index is 13.2. The van der Waals surface area contributed by atoms with Crippen molar-refractivity contribution in [3.05, 3.63) is 68.8 Å². The zero-order valence-corrected chi connectivity index (χ0v) is 20.8. The summed E-state index contributed by atoms with van der Waals surface area (Å²) in [6, 6.07) is 12.3. The summed E-state index contributed by atoms with van der Waals surface area (Å²) in [5.74, 6) is -0.414. The number of hydrazine groups is 1. The van der Waals surface area contributed by atoms with Crippen molar-refractivity contribution in [2.75, 3.05) is 24.6 Å². The fourth-order valence-electron chi connectivity index (χ4n) is 3.72. The van der Waals surface area contributed by atoms with Gasteiger partial charge in [-0.1, -0.05) is 53.9 Å². The van der Waals surface area contributed by atoms with Gasteiger partial charge < -0.3 is 0 Å². The monoisotopic (exact) mass is 526 g/mol. The van der Waals surface area contributed by atoms with Crippen molar-refractivity contribution in [1.29, 1.82) is 0 Å². The normalized spacial score (nSPS) is 16.0. The van der Waals surface area contributed by atoms with Gasteiger partial charge in [0.05, 0.1) is 27.9 Å². The number of sulfone groups is 1. The molecule has 3 aromatic rings. The summed E-state index contributed by atoms with van der Waals surface area (Å²) in [6.45, 7) is 2.39. The van der Waals surface area contributed by atoms with Gasteiger partial charge in [-0.15, -0.1) is 0 Å². The van der Waals surface area contributed by atoms with E-state index in [-0.39, 0.29) is 30.3 Å². The molecule has 1 aromatic heterocycles. The summed E-state index contributed by atoms with van der Waals surface area (Å²) in [7, 11) is -3.06. The van der Waals surface area contributed by atoms with Crippen molar-refractivity contribution >= 4 is 50.5 Å². The van der Waals surface area contributed by atoms with E-state index in [9.17, 15) is 13.2 Å². The molecule has 0 atom stereocenters. The van der Waals surface area contributed by atoms with Crippen LogP contribution >= 0.6 is 34.8 Å². The van der Waals surface area contributed by atoms with Crippen molar-refractivity contribution in [3.63, 3.8) is 0 Å². The van der Waals surface area contributed by atoms with E-state index in [4.69, 9.17) is 34.8 Å². The first-order valence-corrected chi connectivity index (χ1v) is 13.2. The molecule has 1 aliphatic rings. The van der Waals surface area contributed by atoms with Gasteiger partial charge in [-0.3, -0.25) is 10.2 Å². The first kappa shape index (κ1) is 24.0. The van der Waals surface area contributed by atoms with Crippen molar-refractivity contribution in [2.24, 2.45) is 0 Å². The fourth-order valence-corrected chi connectivity index (χ4v) is 5.54. The van der Waals surface area contributed by atoms with Crippen molar-refractivity contribution in [1.82, 2.24) is 20.2 Å². The Bertz CT molecular complexity index is 1290. The molecule has 1 saturated heterocycles. The van der Waals surface area contributed by atoms with Crippen LogP contribution in [0.4, 0.5) is 0 Å². The number of nitrogens with zero attached hydrogens (tertiary/aromatic N) is 3. The van der Waals surface area contributed by atoms with Gasteiger partial charge >= 0.3 is 0 Å². The standard InChI is InChI=1S/C22H21Cl3N4O3S/c1-2-17-20(22(30)27-28-9-11-33(31,32)12-10-28)26-29(19-8-7-16(24)13-18(19)25)21(17)14-3-5-15(23)6-4-14/h3-8,13H,2,9-12H2,1H3,(H,27,30). The van der Waals surface area contributed by atoms with E-state index >= 15 is 0 Å². The second-order valence-electron chi connectivity index (χ2n) is 7.62. The maximum atomic E-state index is 13.2. The highest BCUT2D eigenvalue weighted by atomic mass is 35.5. The molecule has 11 heteroatoms. The van der Waals surface area contributed by atoms with Gasteiger partial charge in [0.15, 0.2) is 15.5 Å². The molecule has 0 bridgehead atoms. The Kier molecular flexibility index (Phi) is 7.02. The summed E-state index contributed by atoms with van der Waals surface area (Å²) in [5, 5.41) is 7.70. The number of hydrogen-bond donors (Lipinski definition) is 1. The Morgan fingerprint density at radius 2 is 1.67 bits per heavy atom. The molecule has 1 amide bonds. The Hall–Kier alpha value is -2.10. The fraction of sp³-hybridized carbons (Fsp3) is 0.273. The van der Waals surface area contributed by atoms with E-state index in [1.807, 2.05) is 19.1 Å². The molecular formula is C22H21Cl3N4O3S. The molecule has 1 fully saturated rings. The van der Waals surface area contributed by atoms with Gasteiger partial charge in [-0.25, -0.2) is 18.1 Å². The minimum absolute atomic E-state index is 0.00123. The van der Waals surface area contributed by atoms with Gasteiger partial charge in [0.25, 0.3) is 5.91 Å². The van der Waals surface area contributed by atoms with Crippen LogP contribution in [0.3, 0.4) is 0 Å². The van der Waals surface area contributed by atoms with Crippen molar-refractivity contribution in [3.8, 4) is 16.9 Å². The molecule has 7 nitrogen and oxygen atoms in total. The molecule has 1 N–H and O–H groups in total. The van der Waals surface area contributed by atoms with Crippen molar-refractivity contribution < 1.29 is 13.2 Å². The lowest BCUT2D eigenvalue weighted by atomic mass is 10.0. The number of benzene rings is 2. The molecule has 0 spiro atoms. The van der Waals surface area contributed by atoms with Gasteiger partial charge in [-0.2, -0.15) is 5.10 Å². The summed E-state index contributed by atoms with van der Waals surface area (Å²) in [4.78, 5) is 13.2. The Balaban J connectivity index is 1.79. The lowest BCUT2D eigenvalue weighted by molar-refractivity contribution is 0.0795. The van der Waals surface area contributed by atoms with Crippen LogP contribution in [-0.2, 0) is 16.3 Å². The quantitative estimate of drug-likeness (QED) is 0.530. The smallest absolute Gasteiger partial charge is 0.283 e. The highest BCUT2D eigenvalue weighted by Gasteiger charge is 2.28. The molecule has 0 unspecified atom stereocenters. The molecule has 1 aliphatic heterocycles. The third kappa shape index (κ3) is 5.20. The average Bonchev–Trinajstić information content (AvgIpc) is 3.15. The largest absolute Gasteiger partial charge is 0.286 e. The van der Waals surface area contributed by atoms with Crippen LogP contribution < -0.4 is 5.43 Å². The predicted molar refractivity (Wildman–Crippen MR) is 131 cm³/mol. The summed E-state index contributed by atoms with van der Waals surface area (Å²) < 4.78 is 25.1. The molecule has 2 aromatic carbocycles. The number of aromatic nitrogens is 2. The summed E-state index contributed by atoms with van der Waals surface area (Å²) in [5.41, 5.74) is 5.87. The van der Waals surface area contributed by atoms with E-state index in [2.05, 4.69) is 10.5 Å². The molecule has 0 aliphatic carbocycles. The van der Waals surface area contributed by atoms with Crippen LogP contribution in [0.2, 0.25) is 15.1 Å². The highest BCUT2D eigenvalue weighted by Crippen LogP contribution is 2.34. The van der Waals surface area contributed by atoms with Gasteiger partial charge in [0.2, 0.25) is 0 Å². The average molecular weight is 528 g/mol. The number of hydrogen-bond acceptors (Lipinski definition) is 5. The summed E-state index contributed by atoms with van der Waals surface area (Å²) in [6.07, 6.45) is 0.528. The second kappa shape index (κ2) is 9.64. The minimum Gasteiger partial charge on any atom is -0.283 e. The van der Waals surface area contributed by atoms with Crippen molar-refractivity contribution in [2.45, 2.75) is 13.3 Å². The second-order valence-corrected chi connectivity index (χ2v) is 11.2. The third-order valence-electron chi connectivity index (χ3n) is 5.41. The van der Waals surface area contributed by atoms with E-state index in [0.29, 0.717) is 32.9 Å². The topological polar surface area (TPSA) is 84.3 Å². The molecule has 0 radical (unpaired) electrons. The Morgan fingerprint density at radius 3 is 2.27 bits per heavy atom. The first-order valence-electron chi connectivity index (χ1n) is 10.3. The van der Waals surface area contributed by atoms with E-state index in [1.165, 1.54) is 0 Å². The lowest BCUT2D eigenvalue weighted by Gasteiger charge is -2.26. The molecular weight excluding hydrogens is 507 g/mol. The third-order valence-corrected chi connectivity index (χ3v) is 7.81. The summed E-state index contributed by atoms with van der Waals surface area (Å²) >= 11 is 18.6. The first-order chi connectivity index (χ1) is 15.7. The molecule has 0 saturated carbocycles. The number of rotatable bonds is 5. The Labute approximate surface area is 207 Å². The minimum atomic E-state index is -3.06. The van der Waals surface area contributed by atoms with Gasteiger partial charge in [0.1, 0.15) is 0 Å². The van der Waals surface area contributed by atoms with Crippen LogP contribution in [0, 0.1) is 0 Å². The number of carbonyl (C=O) groups excluding carboxylic acids is 1. The predicted octanol–water partition coefficient (Wildman–Crippen LogP) is 4.44. The number of nitrogens with one attached hydrogen (secondary N) is 1. The van der Waals surface area contributed by atoms with Crippen LogP contribution in [-0.4, -0.2) is 53.7 Å². The van der Waals surface area contributed by atoms with E-state index in [0.717, 1.165) is 11.1 Å². The highest BCUT2D eigenvalue weighted by molar-refractivity contribution is 7.91. The molecule has 4 rings (SSSR count). The molecule has 174 valence electrons. The van der Waals surface area contributed by atoms with Crippen LogP contribution in [0.15, 0.2) is 42.5 Å². The maximum Gasteiger partial charge on any atom is 0.286 e. The van der Waals surface area contributed by atoms with Gasteiger partial charge in [-0.05, 0) is 36.8 Å². The van der Waals surface area contributed by atoms with Crippen LogP contribution in [0.1, 0.15) is 23.0 Å².